The van der Waals surface area contributed by atoms with Crippen LogP contribution in [0.25, 0.3) is 0 Å². The Labute approximate surface area is 349 Å². The normalized spacial score (nSPS) is 14.5. The van der Waals surface area contributed by atoms with Gasteiger partial charge < -0.3 is 55.7 Å². The lowest BCUT2D eigenvalue weighted by Gasteiger charge is -2.25. The van der Waals surface area contributed by atoms with Gasteiger partial charge in [0, 0.05) is 44.1 Å². The molecule has 0 aliphatic carbocycles. The van der Waals surface area contributed by atoms with Gasteiger partial charge in [0.25, 0.3) is 11.8 Å². The van der Waals surface area contributed by atoms with E-state index in [4.69, 9.17) is 18.9 Å². The summed E-state index contributed by atoms with van der Waals surface area (Å²) in [7, 11) is 0. The summed E-state index contributed by atoms with van der Waals surface area (Å²) in [6.07, 6.45) is 2.42. The average molecular weight is 849 g/mol. The predicted molar refractivity (Wildman–Crippen MR) is 215 cm³/mol. The number of hydrogen-bond acceptors (Lipinski definition) is 13. The third-order valence-corrected chi connectivity index (χ3v) is 8.58. The van der Waals surface area contributed by atoms with E-state index in [0.717, 1.165) is 4.90 Å². The fourth-order valence-corrected chi connectivity index (χ4v) is 5.42. The van der Waals surface area contributed by atoms with Gasteiger partial charge in [0.1, 0.15) is 23.4 Å². The number of ether oxygens (including phenoxy) is 4. The molecule has 60 heavy (non-hydrogen) atoms. The van der Waals surface area contributed by atoms with Crippen molar-refractivity contribution in [3.8, 4) is 5.75 Å². The molecule has 0 saturated heterocycles. The number of rotatable bonds is 27. The number of hydrogen-bond donors (Lipinski definition) is 7. The summed E-state index contributed by atoms with van der Waals surface area (Å²) in [4.78, 5) is 98.1. The van der Waals surface area contributed by atoms with E-state index in [1.165, 1.54) is 45.1 Å². The molecule has 334 valence electrons. The van der Waals surface area contributed by atoms with E-state index in [9.17, 15) is 48.6 Å². The zero-order valence-corrected chi connectivity index (χ0v) is 35.1. The van der Waals surface area contributed by atoms with E-state index in [1.54, 1.807) is 26.8 Å². The molecule has 7 amide bonds. The Morgan fingerprint density at radius 1 is 0.767 bits per heavy atom. The summed E-state index contributed by atoms with van der Waals surface area (Å²) in [6.45, 7) is 11.3. The van der Waals surface area contributed by atoms with Crippen molar-refractivity contribution in [1.29, 1.82) is 0 Å². The maximum Gasteiger partial charge on any atom is 0.407 e. The summed E-state index contributed by atoms with van der Waals surface area (Å²) in [5, 5.41) is 32.9. The molecule has 4 atom stereocenters. The minimum atomic E-state index is -1.07. The van der Waals surface area contributed by atoms with Crippen LogP contribution in [-0.2, 0) is 58.9 Å². The molecule has 0 fully saturated rings. The minimum absolute atomic E-state index is 0.0279. The van der Waals surface area contributed by atoms with Crippen LogP contribution in [0.4, 0.5) is 10.5 Å². The number of nitrogens with zero attached hydrogens (tertiary/aromatic N) is 1. The number of nitrogens with one attached hydrogen (secondary N) is 5. The Bertz CT molecular complexity index is 1660. The molecule has 1 aliphatic rings. The number of carboxylic acids is 1. The van der Waals surface area contributed by atoms with Gasteiger partial charge >= 0.3 is 12.1 Å². The lowest BCUT2D eigenvalue weighted by molar-refractivity contribution is -0.141. The molecule has 4 unspecified atom stereocenters. The first-order valence-corrected chi connectivity index (χ1v) is 19.7. The number of alkyl carbamates (subject to hydrolysis) is 1. The van der Waals surface area contributed by atoms with Crippen LogP contribution in [-0.4, -0.2) is 139 Å². The zero-order chi connectivity index (χ0) is 44.8. The van der Waals surface area contributed by atoms with Crippen molar-refractivity contribution >= 4 is 53.2 Å². The average Bonchev–Trinajstić information content (AvgIpc) is 3.47. The number of phenolic OH excluding ortho intramolecular Hbond substituents is 1. The summed E-state index contributed by atoms with van der Waals surface area (Å²) in [6, 6.07) is 1.67. The molecule has 1 aromatic rings. The summed E-state index contributed by atoms with van der Waals surface area (Å²) >= 11 is 0. The van der Waals surface area contributed by atoms with Crippen LogP contribution in [0.2, 0.25) is 0 Å². The number of benzene rings is 1. The third kappa shape index (κ3) is 20.4. The summed E-state index contributed by atoms with van der Waals surface area (Å²) < 4.78 is 21.5. The van der Waals surface area contributed by atoms with Gasteiger partial charge in [-0.05, 0) is 71.6 Å². The predicted octanol–water partition coefficient (Wildman–Crippen LogP) is 1.15. The lowest BCUT2D eigenvalue weighted by atomic mass is 9.96. The van der Waals surface area contributed by atoms with Gasteiger partial charge in [0.2, 0.25) is 23.6 Å². The molecule has 7 N–H and O–H groups in total. The first-order valence-electron chi connectivity index (χ1n) is 19.7. The molecule has 0 bridgehead atoms. The van der Waals surface area contributed by atoms with Crippen LogP contribution in [0.3, 0.4) is 0 Å². The molecule has 0 aromatic heterocycles. The van der Waals surface area contributed by atoms with Crippen molar-refractivity contribution in [2.75, 3.05) is 58.0 Å². The van der Waals surface area contributed by atoms with E-state index in [0.29, 0.717) is 18.5 Å². The number of carbonyl (C=O) groups is 8. The number of carboxylic acid groups (broad SMARTS) is 1. The molecule has 0 radical (unpaired) electrons. The number of phenols is 1. The van der Waals surface area contributed by atoms with Crippen LogP contribution >= 0.6 is 0 Å². The summed E-state index contributed by atoms with van der Waals surface area (Å²) in [5.41, 5.74) is -0.183. The number of aromatic hydroxyl groups is 1. The standard InChI is InChI=1S/C40H60N6O14/c1-25(38(54)55)22-29(44-39(56)60-40(4,5)6)23-28-9-10-31(47)30(24-28)45-37(53)27(3)43-36(52)26(2)42-33(49)13-16-57-18-20-59-21-19-58-17-14-41-32(48)8-7-15-46-34(50)11-12-35(46)51/h9-12,24-27,29,47H,7-8,13-23H2,1-6H3,(H,41,48)(H,42,49)(H,43,52)(H,44,56)(H,45,53)(H,54,55). The molecule has 20 nitrogen and oxygen atoms in total. The van der Waals surface area contributed by atoms with Gasteiger partial charge in [-0.15, -0.1) is 0 Å². The number of imide groups is 1. The van der Waals surface area contributed by atoms with E-state index >= 15 is 0 Å². The van der Waals surface area contributed by atoms with Crippen LogP contribution < -0.4 is 26.6 Å². The Morgan fingerprint density at radius 3 is 1.98 bits per heavy atom. The quantitative estimate of drug-likeness (QED) is 0.0372. The van der Waals surface area contributed by atoms with Crippen LogP contribution in [0, 0.1) is 5.92 Å². The molecule has 2 rings (SSSR count). The number of anilines is 1. The molecular formula is C40H60N6O14. The smallest absolute Gasteiger partial charge is 0.407 e. The highest BCUT2D eigenvalue weighted by atomic mass is 16.6. The molecule has 1 aromatic carbocycles. The Kier molecular flexibility index (Phi) is 21.7. The van der Waals surface area contributed by atoms with Gasteiger partial charge in [-0.3, -0.25) is 38.5 Å². The van der Waals surface area contributed by atoms with Crippen molar-refractivity contribution in [2.45, 2.75) is 97.4 Å². The van der Waals surface area contributed by atoms with Crippen molar-refractivity contribution in [1.82, 2.24) is 26.2 Å². The van der Waals surface area contributed by atoms with E-state index in [-0.39, 0.29) is 101 Å². The molecule has 0 saturated carbocycles. The van der Waals surface area contributed by atoms with Gasteiger partial charge in [0.15, 0.2) is 0 Å². The zero-order valence-electron chi connectivity index (χ0n) is 35.1. The fourth-order valence-electron chi connectivity index (χ4n) is 5.42. The molecule has 1 heterocycles. The Hall–Kier alpha value is -5.60. The first kappa shape index (κ1) is 50.5. The first-order chi connectivity index (χ1) is 28.2. The Morgan fingerprint density at radius 2 is 1.37 bits per heavy atom. The fraction of sp³-hybridized carbons (Fsp3) is 0.600. The molecule has 1 aliphatic heterocycles. The second-order valence-electron chi connectivity index (χ2n) is 15.1. The highest BCUT2D eigenvalue weighted by molar-refractivity contribution is 6.12. The van der Waals surface area contributed by atoms with Gasteiger partial charge in [-0.25, -0.2) is 4.79 Å². The van der Waals surface area contributed by atoms with Crippen LogP contribution in [0.1, 0.15) is 72.8 Å². The molecular weight excluding hydrogens is 788 g/mol. The highest BCUT2D eigenvalue weighted by Crippen LogP contribution is 2.26. The largest absolute Gasteiger partial charge is 0.506 e. The topological polar surface area (TPSA) is 277 Å². The minimum Gasteiger partial charge on any atom is -0.506 e. The lowest BCUT2D eigenvalue weighted by Crippen LogP contribution is -2.50. The SMILES string of the molecule is CC(CC(Cc1ccc(O)c(NC(=O)C(C)NC(=O)C(C)NC(=O)CCOCCOCCOCCNC(=O)CCCN2C(=O)C=CC2=O)c1)NC(=O)OC(C)(C)C)C(=O)O. The number of aliphatic carboxylic acids is 1. The molecule has 20 heteroatoms. The van der Waals surface area contributed by atoms with E-state index in [1.807, 2.05) is 0 Å². The summed E-state index contributed by atoms with van der Waals surface area (Å²) in [5.74, 6) is -4.80. The van der Waals surface area contributed by atoms with Crippen molar-refractivity contribution in [3.63, 3.8) is 0 Å². The second kappa shape index (κ2) is 25.8. The van der Waals surface area contributed by atoms with Crippen molar-refractivity contribution in [2.24, 2.45) is 5.92 Å². The van der Waals surface area contributed by atoms with Gasteiger partial charge in [0.05, 0.1) is 51.2 Å². The third-order valence-electron chi connectivity index (χ3n) is 8.58. The van der Waals surface area contributed by atoms with Crippen molar-refractivity contribution in [3.05, 3.63) is 35.9 Å². The van der Waals surface area contributed by atoms with Crippen LogP contribution in [0.15, 0.2) is 30.4 Å². The maximum atomic E-state index is 13.0. The van der Waals surface area contributed by atoms with Crippen LogP contribution in [0.5, 0.6) is 5.75 Å². The monoisotopic (exact) mass is 848 g/mol. The number of carbonyl (C=O) groups excluding carboxylic acids is 7. The van der Waals surface area contributed by atoms with Crippen molar-refractivity contribution < 1.29 is 67.5 Å². The second-order valence-corrected chi connectivity index (χ2v) is 15.1. The maximum absolute atomic E-state index is 13.0. The van der Waals surface area contributed by atoms with E-state index < -0.39 is 59.4 Å². The highest BCUT2D eigenvalue weighted by Gasteiger charge is 2.26. The van der Waals surface area contributed by atoms with E-state index in [2.05, 4.69) is 26.6 Å². The van der Waals surface area contributed by atoms with Gasteiger partial charge in [-0.2, -0.15) is 0 Å². The number of amides is 7. The van der Waals surface area contributed by atoms with Gasteiger partial charge in [-0.1, -0.05) is 13.0 Å². The molecule has 0 spiro atoms. The Balaban J connectivity index is 1.62.